The van der Waals surface area contributed by atoms with Crippen LogP contribution in [0.25, 0.3) is 0 Å². The number of halogens is 4. The number of nitrogens with one attached hydrogen (secondary N) is 2. The number of alkyl halides is 3. The van der Waals surface area contributed by atoms with Gasteiger partial charge in [0.1, 0.15) is 5.75 Å². The number of carbonyl (C=O) groups excluding carboxylic acids is 1. The summed E-state index contributed by atoms with van der Waals surface area (Å²) >= 11 is 0. The molecule has 0 atom stereocenters. The van der Waals surface area contributed by atoms with E-state index in [9.17, 15) is 18.0 Å². The van der Waals surface area contributed by atoms with Gasteiger partial charge in [-0.05, 0) is 24.3 Å². The Balaban J connectivity index is 0.00000256. The third kappa shape index (κ3) is 5.83. The fourth-order valence-corrected chi connectivity index (χ4v) is 0.907. The number of carbonyl (C=O) groups is 1. The molecule has 0 saturated carbocycles. The molecule has 4 N–H and O–H groups in total. The predicted molar refractivity (Wildman–Crippen MR) is 56.7 cm³/mol. The van der Waals surface area contributed by atoms with Crippen LogP contribution in [0.5, 0.6) is 5.75 Å². The van der Waals surface area contributed by atoms with Crippen LogP contribution in [0.3, 0.4) is 0 Å². The monoisotopic (exact) mass is 271 g/mol. The first-order valence-corrected chi connectivity index (χ1v) is 4.04. The third-order valence-electron chi connectivity index (χ3n) is 1.48. The molecule has 0 unspecified atom stereocenters. The average molecular weight is 272 g/mol. The van der Waals surface area contributed by atoms with Crippen LogP contribution in [0, 0.1) is 0 Å². The Morgan fingerprint density at radius 3 is 2.18 bits per heavy atom. The molecule has 0 aliphatic rings. The molecule has 0 spiro atoms. The molecule has 1 aromatic carbocycles. The van der Waals surface area contributed by atoms with Crippen LogP contribution in [-0.2, 0) is 0 Å². The van der Waals surface area contributed by atoms with E-state index < -0.39 is 12.4 Å². The van der Waals surface area contributed by atoms with Gasteiger partial charge in [0.25, 0.3) is 0 Å². The highest BCUT2D eigenvalue weighted by atomic mass is 35.5. The Kier molecular flexibility index (Phi) is 5.56. The second-order valence-corrected chi connectivity index (χ2v) is 2.67. The number of hydrogen-bond donors (Lipinski definition) is 3. The summed E-state index contributed by atoms with van der Waals surface area (Å²) < 4.78 is 39.0. The number of rotatable bonds is 2. The van der Waals surface area contributed by atoms with Gasteiger partial charge in [0.05, 0.1) is 0 Å². The van der Waals surface area contributed by atoms with Gasteiger partial charge in [-0.3, -0.25) is 5.43 Å². The molecule has 0 fully saturated rings. The number of ether oxygens (including phenoxy) is 1. The lowest BCUT2D eigenvalue weighted by Gasteiger charge is -2.09. The maximum atomic E-state index is 11.8. The second kappa shape index (κ2) is 6.16. The zero-order valence-electron chi connectivity index (χ0n) is 8.25. The molecule has 0 aliphatic carbocycles. The quantitative estimate of drug-likeness (QED) is 0.437. The maximum Gasteiger partial charge on any atom is 0.573 e. The normalized spacial score (nSPS) is 10.1. The maximum absolute atomic E-state index is 11.8. The summed E-state index contributed by atoms with van der Waals surface area (Å²) in [6.45, 7) is 0. The summed E-state index contributed by atoms with van der Waals surface area (Å²) in [7, 11) is 0. The molecular formula is C8H9ClF3N3O2. The van der Waals surface area contributed by atoms with Gasteiger partial charge in [0.2, 0.25) is 0 Å². The van der Waals surface area contributed by atoms with Crippen LogP contribution < -0.4 is 21.3 Å². The molecule has 0 saturated heterocycles. The number of hydrogen-bond acceptors (Lipinski definition) is 3. The summed E-state index contributed by atoms with van der Waals surface area (Å²) in [5.41, 5.74) is 2.09. The molecule has 17 heavy (non-hydrogen) atoms. The Bertz CT molecular complexity index is 369. The van der Waals surface area contributed by atoms with Crippen molar-refractivity contribution in [2.24, 2.45) is 5.84 Å². The fraction of sp³-hybridized carbons (Fsp3) is 0.125. The van der Waals surface area contributed by atoms with Crippen LogP contribution in [-0.4, -0.2) is 12.4 Å². The third-order valence-corrected chi connectivity index (χ3v) is 1.48. The van der Waals surface area contributed by atoms with Crippen LogP contribution in [0.4, 0.5) is 23.7 Å². The lowest BCUT2D eigenvalue weighted by Crippen LogP contribution is -2.34. The largest absolute Gasteiger partial charge is 0.573 e. The molecular weight excluding hydrogens is 263 g/mol. The summed E-state index contributed by atoms with van der Waals surface area (Å²) in [5, 5.41) is 2.27. The molecule has 0 aliphatic heterocycles. The molecule has 1 aromatic rings. The topological polar surface area (TPSA) is 76.4 Å². The SMILES string of the molecule is Cl.NNC(=O)Nc1ccc(OC(F)(F)F)cc1. The van der Waals surface area contributed by atoms with Crippen molar-refractivity contribution < 1.29 is 22.7 Å². The average Bonchev–Trinajstić information content (AvgIpc) is 2.18. The van der Waals surface area contributed by atoms with Crippen molar-refractivity contribution in [2.75, 3.05) is 5.32 Å². The van der Waals surface area contributed by atoms with E-state index in [0.29, 0.717) is 0 Å². The minimum atomic E-state index is -4.73. The Morgan fingerprint density at radius 2 is 1.76 bits per heavy atom. The van der Waals surface area contributed by atoms with Gasteiger partial charge >= 0.3 is 12.4 Å². The molecule has 9 heteroatoms. The molecule has 1 rings (SSSR count). The first kappa shape index (κ1) is 15.3. The van der Waals surface area contributed by atoms with E-state index in [-0.39, 0.29) is 23.8 Å². The highest BCUT2D eigenvalue weighted by molar-refractivity contribution is 5.88. The minimum Gasteiger partial charge on any atom is -0.406 e. The van der Waals surface area contributed by atoms with Crippen molar-refractivity contribution in [1.82, 2.24) is 5.43 Å². The number of urea groups is 1. The smallest absolute Gasteiger partial charge is 0.406 e. The Morgan fingerprint density at radius 1 is 1.24 bits per heavy atom. The van der Waals surface area contributed by atoms with Crippen molar-refractivity contribution in [1.29, 1.82) is 0 Å². The van der Waals surface area contributed by atoms with Gasteiger partial charge in [-0.2, -0.15) is 0 Å². The number of nitrogens with two attached hydrogens (primary N) is 1. The van der Waals surface area contributed by atoms with Gasteiger partial charge in [-0.1, -0.05) is 0 Å². The summed E-state index contributed by atoms with van der Waals surface area (Å²) in [6, 6.07) is 3.95. The van der Waals surface area contributed by atoms with E-state index in [0.717, 1.165) is 12.1 Å². The van der Waals surface area contributed by atoms with Crippen molar-refractivity contribution in [3.05, 3.63) is 24.3 Å². The van der Waals surface area contributed by atoms with Crippen molar-refractivity contribution in [3.8, 4) is 5.75 Å². The summed E-state index contributed by atoms with van der Waals surface area (Å²) in [4.78, 5) is 10.7. The lowest BCUT2D eigenvalue weighted by atomic mass is 10.3. The van der Waals surface area contributed by atoms with Crippen molar-refractivity contribution in [3.63, 3.8) is 0 Å². The standard InChI is InChI=1S/C8H8F3N3O2.ClH/c9-8(10,11)16-6-3-1-5(2-4-6)13-7(15)14-12;/h1-4H,12H2,(H2,13,14,15);1H. The van der Waals surface area contributed by atoms with Crippen LogP contribution >= 0.6 is 12.4 Å². The van der Waals surface area contributed by atoms with Crippen LogP contribution in [0.2, 0.25) is 0 Å². The van der Waals surface area contributed by atoms with E-state index >= 15 is 0 Å². The van der Waals surface area contributed by atoms with Crippen molar-refractivity contribution in [2.45, 2.75) is 6.36 Å². The van der Waals surface area contributed by atoms with Gasteiger partial charge in [-0.25, -0.2) is 10.6 Å². The number of benzene rings is 1. The highest BCUT2D eigenvalue weighted by Gasteiger charge is 2.30. The van der Waals surface area contributed by atoms with Gasteiger partial charge in [0.15, 0.2) is 0 Å². The minimum absolute atomic E-state index is 0. The molecule has 0 heterocycles. The van der Waals surface area contributed by atoms with E-state index in [1.165, 1.54) is 12.1 Å². The number of amides is 2. The number of anilines is 1. The zero-order valence-corrected chi connectivity index (χ0v) is 9.06. The fourth-order valence-electron chi connectivity index (χ4n) is 0.907. The van der Waals surface area contributed by atoms with Crippen molar-refractivity contribution >= 4 is 24.1 Å². The van der Waals surface area contributed by atoms with E-state index in [4.69, 9.17) is 5.84 Å². The van der Waals surface area contributed by atoms with E-state index in [2.05, 4.69) is 10.1 Å². The first-order valence-electron chi connectivity index (χ1n) is 4.04. The molecule has 0 radical (unpaired) electrons. The zero-order chi connectivity index (χ0) is 12.2. The number of hydrazine groups is 1. The molecule has 0 bridgehead atoms. The van der Waals surface area contributed by atoms with Gasteiger partial charge < -0.3 is 10.1 Å². The Hall–Kier alpha value is -1.67. The molecule has 0 aromatic heterocycles. The second-order valence-electron chi connectivity index (χ2n) is 2.67. The highest BCUT2D eigenvalue weighted by Crippen LogP contribution is 2.23. The summed E-state index contributed by atoms with van der Waals surface area (Å²) in [6.07, 6.45) is -4.73. The summed E-state index contributed by atoms with van der Waals surface area (Å²) in [5.74, 6) is 4.43. The molecule has 96 valence electrons. The van der Waals surface area contributed by atoms with Gasteiger partial charge in [0, 0.05) is 5.69 Å². The van der Waals surface area contributed by atoms with E-state index in [1.54, 1.807) is 5.43 Å². The Labute approximate surface area is 100 Å². The van der Waals surface area contributed by atoms with Gasteiger partial charge in [-0.15, -0.1) is 25.6 Å². The van der Waals surface area contributed by atoms with Crippen LogP contribution in [0.15, 0.2) is 24.3 Å². The predicted octanol–water partition coefficient (Wildman–Crippen LogP) is 2.00. The van der Waals surface area contributed by atoms with Crippen LogP contribution in [0.1, 0.15) is 0 Å². The molecule has 5 nitrogen and oxygen atoms in total. The van der Waals surface area contributed by atoms with E-state index in [1.807, 2.05) is 0 Å². The molecule has 2 amide bonds. The first-order chi connectivity index (χ1) is 7.40. The lowest BCUT2D eigenvalue weighted by molar-refractivity contribution is -0.274.